The summed E-state index contributed by atoms with van der Waals surface area (Å²) in [5.74, 6) is -0.136. The SMILES string of the molecule is Fc1cc(OCc2nnc(Cl)s2)ccc1Cl. The van der Waals surface area contributed by atoms with Gasteiger partial charge in [0.25, 0.3) is 0 Å². The second-order valence-corrected chi connectivity index (χ2v) is 4.86. The second kappa shape index (κ2) is 4.95. The van der Waals surface area contributed by atoms with Gasteiger partial charge in [0.15, 0.2) is 5.01 Å². The zero-order valence-corrected chi connectivity index (χ0v) is 10.1. The summed E-state index contributed by atoms with van der Waals surface area (Å²) < 4.78 is 18.7. The molecule has 0 fully saturated rings. The molecular weight excluding hydrogens is 274 g/mol. The van der Waals surface area contributed by atoms with Gasteiger partial charge in [0, 0.05) is 6.07 Å². The van der Waals surface area contributed by atoms with Crippen LogP contribution in [0.25, 0.3) is 0 Å². The van der Waals surface area contributed by atoms with E-state index < -0.39 is 5.82 Å². The summed E-state index contributed by atoms with van der Waals surface area (Å²) in [6.07, 6.45) is 0. The summed E-state index contributed by atoms with van der Waals surface area (Å²) in [4.78, 5) is 0. The molecule has 1 heterocycles. The summed E-state index contributed by atoms with van der Waals surface area (Å²) in [7, 11) is 0. The standard InChI is InChI=1S/C9H5Cl2FN2OS/c10-6-2-1-5(3-7(6)12)15-4-8-13-14-9(11)16-8/h1-3H,4H2. The van der Waals surface area contributed by atoms with E-state index in [9.17, 15) is 4.39 Å². The second-order valence-electron chi connectivity index (χ2n) is 2.81. The Bertz CT molecular complexity index is 506. The van der Waals surface area contributed by atoms with Crippen molar-refractivity contribution in [2.45, 2.75) is 6.61 Å². The lowest BCUT2D eigenvalue weighted by atomic mass is 10.3. The molecule has 0 spiro atoms. The van der Waals surface area contributed by atoms with E-state index in [1.807, 2.05) is 0 Å². The van der Waals surface area contributed by atoms with Gasteiger partial charge < -0.3 is 4.74 Å². The highest BCUT2D eigenvalue weighted by atomic mass is 35.5. The molecule has 84 valence electrons. The van der Waals surface area contributed by atoms with Gasteiger partial charge in [0.2, 0.25) is 4.47 Å². The first kappa shape index (κ1) is 11.6. The topological polar surface area (TPSA) is 35.0 Å². The molecule has 7 heteroatoms. The van der Waals surface area contributed by atoms with Gasteiger partial charge >= 0.3 is 0 Å². The van der Waals surface area contributed by atoms with E-state index >= 15 is 0 Å². The maximum atomic E-state index is 13.1. The number of hydrogen-bond acceptors (Lipinski definition) is 4. The predicted molar refractivity (Wildman–Crippen MR) is 60.7 cm³/mol. The normalized spacial score (nSPS) is 10.4. The van der Waals surface area contributed by atoms with Crippen molar-refractivity contribution < 1.29 is 9.13 Å². The molecule has 0 aliphatic carbocycles. The van der Waals surface area contributed by atoms with Crippen molar-refractivity contribution >= 4 is 34.5 Å². The van der Waals surface area contributed by atoms with Crippen LogP contribution in [0.15, 0.2) is 18.2 Å². The van der Waals surface area contributed by atoms with Gasteiger partial charge in [-0.3, -0.25) is 0 Å². The molecule has 0 saturated carbocycles. The number of rotatable bonds is 3. The zero-order valence-electron chi connectivity index (χ0n) is 7.78. The molecule has 1 aromatic heterocycles. The van der Waals surface area contributed by atoms with Crippen LogP contribution in [0.5, 0.6) is 5.75 Å². The fourth-order valence-electron chi connectivity index (χ4n) is 1.00. The Hall–Kier alpha value is -0.910. The van der Waals surface area contributed by atoms with Crippen molar-refractivity contribution in [1.29, 1.82) is 0 Å². The largest absolute Gasteiger partial charge is 0.486 e. The quantitative estimate of drug-likeness (QED) is 0.861. The number of aromatic nitrogens is 2. The fourth-order valence-corrected chi connectivity index (χ4v) is 1.90. The first-order valence-corrected chi connectivity index (χ1v) is 5.78. The van der Waals surface area contributed by atoms with Crippen LogP contribution in [-0.2, 0) is 6.61 Å². The van der Waals surface area contributed by atoms with Crippen LogP contribution in [0.2, 0.25) is 9.49 Å². The molecule has 0 atom stereocenters. The molecule has 0 N–H and O–H groups in total. The van der Waals surface area contributed by atoms with Crippen LogP contribution >= 0.6 is 34.5 Å². The van der Waals surface area contributed by atoms with Crippen LogP contribution < -0.4 is 4.74 Å². The molecule has 0 amide bonds. The summed E-state index contributed by atoms with van der Waals surface area (Å²) in [6.45, 7) is 0.200. The molecule has 1 aromatic carbocycles. The third-order valence-electron chi connectivity index (χ3n) is 1.70. The third-order valence-corrected chi connectivity index (χ3v) is 2.99. The van der Waals surface area contributed by atoms with Gasteiger partial charge in [-0.25, -0.2) is 4.39 Å². The van der Waals surface area contributed by atoms with Gasteiger partial charge in [-0.2, -0.15) is 0 Å². The Labute approximate surface area is 105 Å². The maximum Gasteiger partial charge on any atom is 0.207 e. The number of ether oxygens (including phenoxy) is 1. The summed E-state index contributed by atoms with van der Waals surface area (Å²) in [5, 5.41) is 8.07. The smallest absolute Gasteiger partial charge is 0.207 e. The average Bonchev–Trinajstić information content (AvgIpc) is 2.66. The molecule has 0 radical (unpaired) electrons. The van der Waals surface area contributed by atoms with Crippen LogP contribution in [0.3, 0.4) is 0 Å². The van der Waals surface area contributed by atoms with Crippen molar-refractivity contribution in [1.82, 2.24) is 10.2 Å². The Morgan fingerprint density at radius 2 is 2.12 bits per heavy atom. The van der Waals surface area contributed by atoms with E-state index in [4.69, 9.17) is 27.9 Å². The van der Waals surface area contributed by atoms with Gasteiger partial charge in [-0.1, -0.05) is 22.9 Å². The lowest BCUT2D eigenvalue weighted by Gasteiger charge is -2.03. The van der Waals surface area contributed by atoms with E-state index in [1.54, 1.807) is 6.07 Å². The van der Waals surface area contributed by atoms with Gasteiger partial charge in [-0.15, -0.1) is 10.2 Å². The van der Waals surface area contributed by atoms with E-state index in [0.717, 1.165) is 0 Å². The number of nitrogens with zero attached hydrogens (tertiary/aromatic N) is 2. The maximum absolute atomic E-state index is 13.1. The minimum Gasteiger partial charge on any atom is -0.486 e. The molecule has 2 aromatic rings. The number of hydrogen-bond donors (Lipinski definition) is 0. The highest BCUT2D eigenvalue weighted by Gasteiger charge is 2.05. The van der Waals surface area contributed by atoms with Crippen LogP contribution in [0, 0.1) is 5.82 Å². The molecule has 0 bridgehead atoms. The molecule has 3 nitrogen and oxygen atoms in total. The van der Waals surface area contributed by atoms with Crippen molar-refractivity contribution in [3.63, 3.8) is 0 Å². The molecule has 0 aliphatic rings. The zero-order chi connectivity index (χ0) is 11.5. The lowest BCUT2D eigenvalue weighted by molar-refractivity contribution is 0.303. The number of benzene rings is 1. The first-order chi connectivity index (χ1) is 7.65. The summed E-state index contributed by atoms with van der Waals surface area (Å²) in [6, 6.07) is 4.22. The minimum atomic E-state index is -0.519. The Morgan fingerprint density at radius 3 is 2.75 bits per heavy atom. The molecule has 16 heavy (non-hydrogen) atoms. The first-order valence-electron chi connectivity index (χ1n) is 4.21. The predicted octanol–water partition coefficient (Wildman–Crippen LogP) is 3.56. The Kier molecular flexibility index (Phi) is 3.58. The fraction of sp³-hybridized carbons (Fsp3) is 0.111. The van der Waals surface area contributed by atoms with Gasteiger partial charge in [0.1, 0.15) is 18.2 Å². The van der Waals surface area contributed by atoms with E-state index in [0.29, 0.717) is 15.2 Å². The number of halogens is 3. The summed E-state index contributed by atoms with van der Waals surface area (Å²) in [5.41, 5.74) is 0. The average molecular weight is 279 g/mol. The van der Waals surface area contributed by atoms with E-state index in [2.05, 4.69) is 10.2 Å². The van der Waals surface area contributed by atoms with Crippen molar-refractivity contribution in [2.24, 2.45) is 0 Å². The van der Waals surface area contributed by atoms with E-state index in [-0.39, 0.29) is 11.6 Å². The van der Waals surface area contributed by atoms with E-state index in [1.165, 1.54) is 23.5 Å². The Morgan fingerprint density at radius 1 is 1.31 bits per heavy atom. The van der Waals surface area contributed by atoms with Crippen molar-refractivity contribution in [3.8, 4) is 5.75 Å². The van der Waals surface area contributed by atoms with Gasteiger partial charge in [0.05, 0.1) is 5.02 Å². The minimum absolute atomic E-state index is 0.0614. The molecule has 0 aliphatic heterocycles. The lowest BCUT2D eigenvalue weighted by Crippen LogP contribution is -1.95. The van der Waals surface area contributed by atoms with Crippen molar-refractivity contribution in [3.05, 3.63) is 38.5 Å². The molecule has 0 unspecified atom stereocenters. The highest BCUT2D eigenvalue weighted by Crippen LogP contribution is 2.22. The molecule has 0 saturated heterocycles. The third kappa shape index (κ3) is 2.81. The van der Waals surface area contributed by atoms with Crippen LogP contribution in [-0.4, -0.2) is 10.2 Å². The van der Waals surface area contributed by atoms with Crippen LogP contribution in [0.4, 0.5) is 4.39 Å². The monoisotopic (exact) mass is 278 g/mol. The molecule has 2 rings (SSSR count). The van der Waals surface area contributed by atoms with Crippen LogP contribution in [0.1, 0.15) is 5.01 Å². The van der Waals surface area contributed by atoms with Gasteiger partial charge in [-0.05, 0) is 23.7 Å². The highest BCUT2D eigenvalue weighted by molar-refractivity contribution is 7.15. The van der Waals surface area contributed by atoms with Crippen molar-refractivity contribution in [2.75, 3.05) is 0 Å². The molecular formula is C9H5Cl2FN2OS. The summed E-state index contributed by atoms with van der Waals surface area (Å²) >= 11 is 12.3. The Balaban J connectivity index is 2.02.